The van der Waals surface area contributed by atoms with Crippen LogP contribution in [-0.2, 0) is 5.41 Å². The summed E-state index contributed by atoms with van der Waals surface area (Å²) >= 11 is 0. The van der Waals surface area contributed by atoms with Crippen LogP contribution < -0.4 is 4.90 Å². The van der Waals surface area contributed by atoms with E-state index < -0.39 is 0 Å². The van der Waals surface area contributed by atoms with Gasteiger partial charge in [-0.2, -0.15) is 0 Å². The zero-order valence-electron chi connectivity index (χ0n) is 25.3. The standard InChI is InChI=1S/C43H31NO/c1-43(2)36-22-7-5-19-35(36)41-37(43)23-12-24-38(41)44(39-25-11-21-34-33-18-6-8-26-40(33)45-42(34)39)30-16-9-15-29(27-30)32-20-10-14-28-13-3-4-17-31(28)32/h3-27H,1-2H3. The van der Waals surface area contributed by atoms with Crippen molar-refractivity contribution < 1.29 is 4.42 Å². The third-order valence-electron chi connectivity index (χ3n) is 9.66. The molecular weight excluding hydrogens is 546 g/mol. The van der Waals surface area contributed by atoms with Crippen LogP contribution in [0.4, 0.5) is 17.1 Å². The van der Waals surface area contributed by atoms with E-state index in [0.717, 1.165) is 39.0 Å². The first-order chi connectivity index (χ1) is 22.1. The molecule has 0 saturated carbocycles. The predicted octanol–water partition coefficient (Wildman–Crippen LogP) is 12.2. The number of hydrogen-bond acceptors (Lipinski definition) is 2. The number of nitrogens with zero attached hydrogens (tertiary/aromatic N) is 1. The summed E-state index contributed by atoms with van der Waals surface area (Å²) < 4.78 is 6.67. The highest BCUT2D eigenvalue weighted by Crippen LogP contribution is 2.55. The van der Waals surface area contributed by atoms with E-state index in [9.17, 15) is 0 Å². The summed E-state index contributed by atoms with van der Waals surface area (Å²) in [6, 6.07) is 54.6. The summed E-state index contributed by atoms with van der Waals surface area (Å²) in [5, 5.41) is 4.73. The Morgan fingerprint density at radius 1 is 0.511 bits per heavy atom. The lowest BCUT2D eigenvalue weighted by Crippen LogP contribution is -2.16. The van der Waals surface area contributed by atoms with Crippen molar-refractivity contribution in [3.05, 3.63) is 163 Å². The first-order valence-electron chi connectivity index (χ1n) is 15.6. The quantitative estimate of drug-likeness (QED) is 0.207. The summed E-state index contributed by atoms with van der Waals surface area (Å²) in [5.41, 5.74) is 12.6. The van der Waals surface area contributed by atoms with Crippen LogP contribution in [0.25, 0.3) is 55.0 Å². The summed E-state index contributed by atoms with van der Waals surface area (Å²) in [7, 11) is 0. The number of anilines is 3. The minimum absolute atomic E-state index is 0.107. The molecule has 8 aromatic rings. The molecule has 1 heterocycles. The lowest BCUT2D eigenvalue weighted by molar-refractivity contribution is 0.660. The van der Waals surface area contributed by atoms with E-state index in [1.165, 1.54) is 44.2 Å². The molecule has 7 aromatic carbocycles. The third-order valence-corrected chi connectivity index (χ3v) is 9.66. The number of para-hydroxylation sites is 2. The molecular formula is C43H31NO. The number of benzene rings is 7. The lowest BCUT2D eigenvalue weighted by atomic mass is 9.82. The van der Waals surface area contributed by atoms with Crippen LogP contribution in [0.3, 0.4) is 0 Å². The number of fused-ring (bicyclic) bond motifs is 7. The van der Waals surface area contributed by atoms with Gasteiger partial charge in [-0.25, -0.2) is 0 Å². The van der Waals surface area contributed by atoms with Gasteiger partial charge in [-0.15, -0.1) is 0 Å². The fourth-order valence-corrected chi connectivity index (χ4v) is 7.53. The Morgan fingerprint density at radius 2 is 1.16 bits per heavy atom. The first-order valence-corrected chi connectivity index (χ1v) is 15.6. The molecule has 2 heteroatoms. The van der Waals surface area contributed by atoms with Crippen LogP contribution >= 0.6 is 0 Å². The number of hydrogen-bond donors (Lipinski definition) is 0. The Kier molecular flexibility index (Phi) is 5.58. The summed E-state index contributed by atoms with van der Waals surface area (Å²) in [6.45, 7) is 4.68. The third kappa shape index (κ3) is 3.82. The largest absolute Gasteiger partial charge is 0.454 e. The van der Waals surface area contributed by atoms with Crippen LogP contribution in [0.15, 0.2) is 156 Å². The second-order valence-corrected chi connectivity index (χ2v) is 12.5. The minimum Gasteiger partial charge on any atom is -0.454 e. The molecule has 0 spiro atoms. The topological polar surface area (TPSA) is 16.4 Å². The predicted molar refractivity (Wildman–Crippen MR) is 189 cm³/mol. The maximum absolute atomic E-state index is 6.67. The maximum Gasteiger partial charge on any atom is 0.159 e. The molecule has 214 valence electrons. The smallest absolute Gasteiger partial charge is 0.159 e. The van der Waals surface area contributed by atoms with E-state index in [-0.39, 0.29) is 5.41 Å². The number of rotatable bonds is 4. The summed E-state index contributed by atoms with van der Waals surface area (Å²) in [5.74, 6) is 0. The van der Waals surface area contributed by atoms with Crippen LogP contribution in [0.2, 0.25) is 0 Å². The van der Waals surface area contributed by atoms with Crippen molar-refractivity contribution in [2.75, 3.05) is 4.90 Å². The molecule has 0 amide bonds. The Bertz CT molecular complexity index is 2420. The maximum atomic E-state index is 6.67. The molecule has 2 nitrogen and oxygen atoms in total. The summed E-state index contributed by atoms with van der Waals surface area (Å²) in [4.78, 5) is 2.41. The minimum atomic E-state index is -0.107. The lowest BCUT2D eigenvalue weighted by Gasteiger charge is -2.29. The highest BCUT2D eigenvalue weighted by atomic mass is 16.3. The number of furan rings is 1. The highest BCUT2D eigenvalue weighted by Gasteiger charge is 2.38. The highest BCUT2D eigenvalue weighted by molar-refractivity contribution is 6.11. The van der Waals surface area contributed by atoms with Gasteiger partial charge in [0.2, 0.25) is 0 Å². The van der Waals surface area contributed by atoms with Gasteiger partial charge in [0.15, 0.2) is 5.58 Å². The van der Waals surface area contributed by atoms with Gasteiger partial charge in [-0.1, -0.05) is 135 Å². The molecule has 0 unspecified atom stereocenters. The fourth-order valence-electron chi connectivity index (χ4n) is 7.53. The van der Waals surface area contributed by atoms with E-state index in [0.29, 0.717) is 0 Å². The van der Waals surface area contributed by atoms with Gasteiger partial charge in [0.1, 0.15) is 5.58 Å². The van der Waals surface area contributed by atoms with E-state index in [1.54, 1.807) is 0 Å². The average Bonchev–Trinajstić information content (AvgIpc) is 3.58. The molecule has 0 saturated heterocycles. The van der Waals surface area contributed by atoms with E-state index in [2.05, 4.69) is 164 Å². The van der Waals surface area contributed by atoms with Gasteiger partial charge in [0, 0.05) is 27.4 Å². The first kappa shape index (κ1) is 25.9. The Morgan fingerprint density at radius 3 is 2.09 bits per heavy atom. The molecule has 1 aromatic heterocycles. The molecule has 0 atom stereocenters. The molecule has 45 heavy (non-hydrogen) atoms. The van der Waals surface area contributed by atoms with Crippen molar-refractivity contribution >= 4 is 49.8 Å². The van der Waals surface area contributed by atoms with Gasteiger partial charge in [0.25, 0.3) is 0 Å². The van der Waals surface area contributed by atoms with Crippen LogP contribution in [0.1, 0.15) is 25.0 Å². The van der Waals surface area contributed by atoms with Crippen LogP contribution in [0, 0.1) is 0 Å². The monoisotopic (exact) mass is 577 g/mol. The second-order valence-electron chi connectivity index (χ2n) is 12.5. The Labute approximate surface area is 262 Å². The van der Waals surface area contributed by atoms with Crippen molar-refractivity contribution in [2.24, 2.45) is 0 Å². The van der Waals surface area contributed by atoms with Crippen molar-refractivity contribution in [1.82, 2.24) is 0 Å². The molecule has 0 N–H and O–H groups in total. The van der Waals surface area contributed by atoms with Crippen molar-refractivity contribution in [2.45, 2.75) is 19.3 Å². The molecule has 0 fully saturated rings. The average molecular weight is 578 g/mol. The van der Waals surface area contributed by atoms with Crippen molar-refractivity contribution in [1.29, 1.82) is 0 Å². The molecule has 1 aliphatic rings. The Balaban J connectivity index is 1.35. The zero-order chi connectivity index (χ0) is 30.1. The van der Waals surface area contributed by atoms with E-state index >= 15 is 0 Å². The molecule has 1 aliphatic carbocycles. The molecule has 0 bridgehead atoms. The molecule has 0 aliphatic heterocycles. The second kappa shape index (κ2) is 9.70. The van der Waals surface area contributed by atoms with Gasteiger partial charge < -0.3 is 9.32 Å². The van der Waals surface area contributed by atoms with Gasteiger partial charge in [0.05, 0.1) is 11.4 Å². The SMILES string of the molecule is CC1(C)c2ccccc2-c2c(N(c3cccc(-c4cccc5ccccc45)c3)c3cccc4c3oc3ccccc34)cccc21. The van der Waals surface area contributed by atoms with Crippen molar-refractivity contribution in [3.63, 3.8) is 0 Å². The molecule has 0 radical (unpaired) electrons. The van der Waals surface area contributed by atoms with E-state index in [1.807, 2.05) is 6.07 Å². The normalized spacial score (nSPS) is 13.3. The van der Waals surface area contributed by atoms with Crippen LogP contribution in [-0.4, -0.2) is 0 Å². The van der Waals surface area contributed by atoms with Crippen molar-refractivity contribution in [3.8, 4) is 22.3 Å². The molecule has 9 rings (SSSR count). The van der Waals surface area contributed by atoms with Gasteiger partial charge in [-0.05, 0) is 68.9 Å². The summed E-state index contributed by atoms with van der Waals surface area (Å²) in [6.07, 6.45) is 0. The van der Waals surface area contributed by atoms with Crippen LogP contribution in [0.5, 0.6) is 0 Å². The zero-order valence-corrected chi connectivity index (χ0v) is 25.3. The van der Waals surface area contributed by atoms with Gasteiger partial charge in [-0.3, -0.25) is 0 Å². The fraction of sp³-hybridized carbons (Fsp3) is 0.0698. The van der Waals surface area contributed by atoms with Gasteiger partial charge >= 0.3 is 0 Å². The van der Waals surface area contributed by atoms with E-state index in [4.69, 9.17) is 4.42 Å². The Hall–Kier alpha value is -5.60.